The summed E-state index contributed by atoms with van der Waals surface area (Å²) in [6.45, 7) is 11.6. The Bertz CT molecular complexity index is 2290. The number of unbranched alkanes of at least 4 members (excludes halogenated alkanes) is 58. The summed E-state index contributed by atoms with van der Waals surface area (Å²) >= 11 is 0. The van der Waals surface area contributed by atoms with Gasteiger partial charge in [-0.3, -0.25) is 0 Å². The number of aryl methyl sites for hydroxylation is 4. The quantitative estimate of drug-likeness (QED) is 0.0477. The first kappa shape index (κ1) is 96.2. The minimum absolute atomic E-state index is 0.0910. The Kier molecular flexibility index (Phi) is 66.3. The van der Waals surface area contributed by atoms with Crippen molar-refractivity contribution in [1.82, 2.24) is 18.7 Å². The molecule has 2 aliphatic rings. The van der Waals surface area contributed by atoms with Gasteiger partial charge in [0.25, 0.3) is 5.82 Å². The normalized spacial score (nSPS) is 15.2. The Labute approximate surface area is 621 Å². The van der Waals surface area contributed by atoms with Crippen LogP contribution in [0.5, 0.6) is 0 Å². The number of imidazole rings is 2. The van der Waals surface area contributed by atoms with E-state index in [1.54, 1.807) is 4.13 Å². The molecule has 0 saturated carbocycles. The fourth-order valence-corrected chi connectivity index (χ4v) is 20.6. The fourth-order valence-electron chi connectivity index (χ4n) is 14.0. The number of sulfonamides is 4. The van der Waals surface area contributed by atoms with Crippen LogP contribution >= 0.6 is 0 Å². The van der Waals surface area contributed by atoms with Crippen molar-refractivity contribution < 1.29 is 38.2 Å². The standard InChI is InChI=1S/2C38H74N2.C3H7NO4S2.C3H6NO4S2/c2*1-3-5-7-9-11-13-15-17-19-21-23-25-27-29-31-33-36-40-37-35-39-38(40)34-32-30-28-26-24-22-20-18-16-14-12-10-8-6-4-2;2*5-9(6)2-1-3-10(7,8)4-9/h2*35,37H,3-34,36H2,1-2H3;4H,1-3H2;1-3H2/q;;;-1/p+1. The van der Waals surface area contributed by atoms with E-state index in [1.165, 1.54) is 436 Å². The van der Waals surface area contributed by atoms with Crippen LogP contribution in [0.2, 0.25) is 0 Å². The molecular weight excluding hydrogens is 1330 g/mol. The second-order valence-electron chi connectivity index (χ2n) is 30.2. The number of rotatable bonds is 66. The Hall–Kier alpha value is -1.86. The van der Waals surface area contributed by atoms with Gasteiger partial charge in [-0.1, -0.05) is 394 Å². The highest BCUT2D eigenvalue weighted by atomic mass is 32.3. The minimum Gasteiger partial charge on any atom is -0.436 e. The van der Waals surface area contributed by atoms with E-state index >= 15 is 0 Å². The van der Waals surface area contributed by atoms with E-state index in [2.05, 4.69) is 69.5 Å². The molecule has 0 spiro atoms. The molecular formula is C82H162N6O8S4. The molecule has 0 radical (unpaired) electrons. The van der Waals surface area contributed by atoms with Crippen LogP contribution in [-0.4, -0.2) is 71.2 Å². The van der Waals surface area contributed by atoms with Gasteiger partial charge >= 0.3 is 0 Å². The van der Waals surface area contributed by atoms with Gasteiger partial charge in [0.05, 0.1) is 38.1 Å². The third-order valence-corrected chi connectivity index (χ3v) is 27.4. The Morgan fingerprint density at radius 2 is 0.620 bits per heavy atom. The van der Waals surface area contributed by atoms with Crippen LogP contribution in [0, 0.1) is 0 Å². The third kappa shape index (κ3) is 64.5. The van der Waals surface area contributed by atoms with Gasteiger partial charge in [-0.15, -0.1) is 4.13 Å². The van der Waals surface area contributed by atoms with Crippen LogP contribution in [0.25, 0.3) is 4.13 Å². The van der Waals surface area contributed by atoms with Gasteiger partial charge in [-0.2, -0.15) is 0 Å². The SMILES string of the molecule is CCCCCCCCCCCCCCCCCC[n+]1cc[nH]c1CCCCCCCCCCCCCCCCC.CCCCCCCCCCCCCCCCCCn1ccnc1CCCCCCCCCCCCCCCCC.O=S1(=O)CCCS(=O)(=O)N1.O=S1(=O)CCCS(=O)(=O)[N-]1. The zero-order chi connectivity index (χ0) is 72.9. The lowest BCUT2D eigenvalue weighted by Gasteiger charge is -2.25. The molecule has 2 N–H and O–H groups in total. The maximum atomic E-state index is 10.6. The van der Waals surface area contributed by atoms with E-state index in [4.69, 9.17) is 0 Å². The fraction of sp³-hybridized carbons (Fsp3) is 0.927. The molecule has 14 nitrogen and oxygen atoms in total. The molecule has 2 aliphatic heterocycles. The zero-order valence-corrected chi connectivity index (χ0v) is 69.2. The van der Waals surface area contributed by atoms with Crippen LogP contribution in [0.3, 0.4) is 0 Å². The lowest BCUT2D eigenvalue weighted by molar-refractivity contribution is -0.703. The molecule has 4 heterocycles. The van der Waals surface area contributed by atoms with Gasteiger partial charge in [0.15, 0.2) is 0 Å². The van der Waals surface area contributed by atoms with Crippen molar-refractivity contribution in [3.05, 3.63) is 40.6 Å². The lowest BCUT2D eigenvalue weighted by Crippen LogP contribution is -2.39. The molecule has 2 aromatic rings. The lowest BCUT2D eigenvalue weighted by atomic mass is 10.0. The Morgan fingerprint density at radius 1 is 0.350 bits per heavy atom. The average molecular weight is 1490 g/mol. The monoisotopic (exact) mass is 1490 g/mol. The molecule has 2 fully saturated rings. The van der Waals surface area contributed by atoms with Crippen molar-refractivity contribution in [3.63, 3.8) is 0 Å². The molecule has 2 aromatic heterocycles. The molecule has 0 amide bonds. The maximum Gasteiger partial charge on any atom is 0.254 e. The predicted molar refractivity (Wildman–Crippen MR) is 430 cm³/mol. The summed E-state index contributed by atoms with van der Waals surface area (Å²) < 4.78 is 93.6. The molecule has 592 valence electrons. The second-order valence-corrected chi connectivity index (χ2v) is 37.9. The Balaban J connectivity index is 0.000000778. The van der Waals surface area contributed by atoms with Crippen LogP contribution in [-0.2, 0) is 66.0 Å². The first-order valence-corrected chi connectivity index (χ1v) is 49.6. The average Bonchev–Trinajstić information content (AvgIpc) is 1.24. The van der Waals surface area contributed by atoms with Crippen molar-refractivity contribution in [2.45, 2.75) is 465 Å². The highest BCUT2D eigenvalue weighted by molar-refractivity contribution is 8.12. The first-order valence-electron chi connectivity index (χ1n) is 43.1. The number of H-pyrrole nitrogens is 1. The summed E-state index contributed by atoms with van der Waals surface area (Å²) in [5, 5.41) is 0. The van der Waals surface area contributed by atoms with Gasteiger partial charge < -0.3 is 8.69 Å². The van der Waals surface area contributed by atoms with Gasteiger partial charge in [0.1, 0.15) is 18.2 Å². The molecule has 0 aliphatic carbocycles. The smallest absolute Gasteiger partial charge is 0.254 e. The summed E-state index contributed by atoms with van der Waals surface area (Å²) in [7, 11) is -14.4. The molecule has 2 saturated heterocycles. The number of hydrogen-bond acceptors (Lipinski definition) is 9. The van der Waals surface area contributed by atoms with Crippen LogP contribution < -0.4 is 8.69 Å². The molecule has 4 rings (SSSR count). The summed E-state index contributed by atoms with van der Waals surface area (Å²) in [6.07, 6.45) is 101. The van der Waals surface area contributed by atoms with Crippen LogP contribution in [0.15, 0.2) is 24.8 Å². The number of nitrogens with zero attached hydrogens (tertiary/aromatic N) is 4. The van der Waals surface area contributed by atoms with Crippen molar-refractivity contribution in [2.24, 2.45) is 0 Å². The highest BCUT2D eigenvalue weighted by Gasteiger charge is 2.26. The van der Waals surface area contributed by atoms with Crippen LogP contribution in [0.1, 0.15) is 450 Å². The summed E-state index contributed by atoms with van der Waals surface area (Å²) in [5.74, 6) is 2.31. The maximum absolute atomic E-state index is 10.6. The van der Waals surface area contributed by atoms with Crippen molar-refractivity contribution in [3.8, 4) is 0 Å². The highest BCUT2D eigenvalue weighted by Crippen LogP contribution is 2.21. The van der Waals surface area contributed by atoms with Gasteiger partial charge in [0.2, 0.25) is 20.0 Å². The van der Waals surface area contributed by atoms with Crippen molar-refractivity contribution >= 4 is 40.1 Å². The van der Waals surface area contributed by atoms with Crippen LogP contribution in [0.4, 0.5) is 0 Å². The summed E-state index contributed by atoms with van der Waals surface area (Å²) in [6, 6.07) is 0. The molecule has 0 atom stereocenters. The molecule has 0 bridgehead atoms. The number of hydrogen-bond donors (Lipinski definition) is 2. The van der Waals surface area contributed by atoms with E-state index in [0.29, 0.717) is 0 Å². The summed E-state index contributed by atoms with van der Waals surface area (Å²) in [5.41, 5.74) is 0. The van der Waals surface area contributed by atoms with E-state index < -0.39 is 40.1 Å². The molecule has 100 heavy (non-hydrogen) atoms. The number of aromatic amines is 1. The largest absolute Gasteiger partial charge is 0.436 e. The molecule has 0 unspecified atom stereocenters. The van der Waals surface area contributed by atoms with E-state index in [1.807, 2.05) is 6.20 Å². The van der Waals surface area contributed by atoms with Gasteiger partial charge in [-0.25, -0.2) is 48.2 Å². The first-order chi connectivity index (χ1) is 48.6. The van der Waals surface area contributed by atoms with Gasteiger partial charge in [-0.05, 0) is 44.9 Å². The third-order valence-electron chi connectivity index (χ3n) is 20.3. The zero-order valence-electron chi connectivity index (χ0n) is 65.9. The molecule has 18 heteroatoms. The molecule has 0 aromatic carbocycles. The minimum atomic E-state index is -3.65. The van der Waals surface area contributed by atoms with Crippen molar-refractivity contribution in [2.75, 3.05) is 23.0 Å². The number of nitrogens with one attached hydrogen (secondary N) is 2. The van der Waals surface area contributed by atoms with Gasteiger partial charge in [0, 0.05) is 43.3 Å². The van der Waals surface area contributed by atoms with E-state index in [9.17, 15) is 33.7 Å². The predicted octanol–water partition coefficient (Wildman–Crippen LogP) is 24.6. The Morgan fingerprint density at radius 3 is 0.900 bits per heavy atom. The second kappa shape index (κ2) is 68.9. The van der Waals surface area contributed by atoms with Crippen molar-refractivity contribution in [1.29, 1.82) is 0 Å². The van der Waals surface area contributed by atoms with E-state index in [-0.39, 0.29) is 35.9 Å². The topological polar surface area (TPSA) is 200 Å². The van der Waals surface area contributed by atoms with E-state index in [0.717, 1.165) is 0 Å². The summed E-state index contributed by atoms with van der Waals surface area (Å²) in [4.78, 5) is 8.20. The number of aromatic nitrogens is 4.